The zero-order valence-electron chi connectivity index (χ0n) is 17.4. The van der Waals surface area contributed by atoms with E-state index in [0.29, 0.717) is 37.1 Å². The summed E-state index contributed by atoms with van der Waals surface area (Å²) < 4.78 is 19.6. The molecule has 1 fully saturated rings. The summed E-state index contributed by atoms with van der Waals surface area (Å²) in [6.07, 6.45) is 1.44. The third-order valence-electron chi connectivity index (χ3n) is 5.17. The summed E-state index contributed by atoms with van der Waals surface area (Å²) in [4.78, 5) is 29.6. The molecule has 1 saturated heterocycles. The van der Waals surface area contributed by atoms with Gasteiger partial charge in [-0.25, -0.2) is 9.37 Å². The van der Waals surface area contributed by atoms with Crippen molar-refractivity contribution in [3.05, 3.63) is 53.0 Å². The number of ether oxygens (including phenoxy) is 1. The van der Waals surface area contributed by atoms with Gasteiger partial charge in [0.1, 0.15) is 11.5 Å². The van der Waals surface area contributed by atoms with Crippen LogP contribution in [0.2, 0.25) is 0 Å². The van der Waals surface area contributed by atoms with Crippen LogP contribution in [0, 0.1) is 17.7 Å². The number of amides is 2. The third-order valence-corrected chi connectivity index (χ3v) is 5.17. The molecule has 162 valence electrons. The number of aryl methyl sites for hydroxylation is 1. The summed E-state index contributed by atoms with van der Waals surface area (Å²) in [5.74, 6) is 3.65. The van der Waals surface area contributed by atoms with Crippen LogP contribution in [0.15, 0.2) is 30.3 Å². The van der Waals surface area contributed by atoms with Gasteiger partial charge < -0.3 is 20.5 Å². The molecule has 0 aliphatic carbocycles. The summed E-state index contributed by atoms with van der Waals surface area (Å²) in [6, 6.07) is 7.46. The van der Waals surface area contributed by atoms with Crippen LogP contribution in [-0.2, 0) is 16.0 Å². The van der Waals surface area contributed by atoms with E-state index >= 15 is 0 Å². The van der Waals surface area contributed by atoms with Crippen molar-refractivity contribution >= 4 is 11.8 Å². The van der Waals surface area contributed by atoms with E-state index in [1.54, 1.807) is 26.3 Å². The number of likely N-dealkylation sites (tertiary alicyclic amines) is 1. The molecule has 3 rings (SSSR count). The Hall–Kier alpha value is -3.28. The molecule has 2 aromatic rings. The van der Waals surface area contributed by atoms with Crippen molar-refractivity contribution < 1.29 is 23.8 Å². The molecule has 1 aliphatic heterocycles. The molecule has 31 heavy (non-hydrogen) atoms. The number of aliphatic hydroxyl groups is 1. The van der Waals surface area contributed by atoms with Crippen molar-refractivity contribution in [1.29, 1.82) is 0 Å². The number of nitrogens with zero attached hydrogens (tertiary/aromatic N) is 2. The Morgan fingerprint density at radius 1 is 1.39 bits per heavy atom. The molecular formula is C23H24FN3O4. The lowest BCUT2D eigenvalue weighted by atomic mass is 10.0. The first-order valence-corrected chi connectivity index (χ1v) is 9.85. The first-order chi connectivity index (χ1) is 14.7. The average Bonchev–Trinajstić information content (AvgIpc) is 3.01. The number of benzene rings is 1. The molecule has 0 saturated carbocycles. The van der Waals surface area contributed by atoms with Crippen molar-refractivity contribution in [3.63, 3.8) is 0 Å². The van der Waals surface area contributed by atoms with Gasteiger partial charge in [0.05, 0.1) is 5.69 Å². The van der Waals surface area contributed by atoms with Gasteiger partial charge in [0, 0.05) is 44.9 Å². The van der Waals surface area contributed by atoms with Gasteiger partial charge in [-0.1, -0.05) is 17.9 Å². The summed E-state index contributed by atoms with van der Waals surface area (Å²) >= 11 is 0. The number of hydrogen-bond donors (Lipinski definition) is 2. The minimum Gasteiger partial charge on any atom is -0.385 e. The maximum atomic E-state index is 14.5. The zero-order chi connectivity index (χ0) is 22.6. The van der Waals surface area contributed by atoms with E-state index in [1.807, 2.05) is 0 Å². The van der Waals surface area contributed by atoms with Gasteiger partial charge in [0.2, 0.25) is 5.60 Å². The molecule has 1 atom stereocenters. The van der Waals surface area contributed by atoms with Crippen molar-refractivity contribution in [3.8, 4) is 23.1 Å². The van der Waals surface area contributed by atoms with Crippen LogP contribution >= 0.6 is 0 Å². The fourth-order valence-electron chi connectivity index (χ4n) is 3.40. The number of primary amides is 1. The molecule has 0 radical (unpaired) electrons. The highest BCUT2D eigenvalue weighted by atomic mass is 19.1. The zero-order valence-corrected chi connectivity index (χ0v) is 17.4. The summed E-state index contributed by atoms with van der Waals surface area (Å²) in [5.41, 5.74) is 5.25. The van der Waals surface area contributed by atoms with E-state index in [9.17, 15) is 19.1 Å². The number of nitrogens with two attached hydrogens (primary N) is 1. The third kappa shape index (κ3) is 4.90. The first-order valence-electron chi connectivity index (χ1n) is 9.85. The molecule has 2 amide bonds. The fraction of sp³-hybridized carbons (Fsp3) is 0.348. The number of halogens is 1. The first kappa shape index (κ1) is 22.4. The second-order valence-electron chi connectivity index (χ2n) is 7.45. The maximum Gasteiger partial charge on any atom is 0.267 e. The number of pyridine rings is 1. The summed E-state index contributed by atoms with van der Waals surface area (Å²) in [7, 11) is 3.19. The number of carbonyl (C=O) groups is 2. The number of aromatic nitrogens is 1. The lowest BCUT2D eigenvalue weighted by Crippen LogP contribution is -2.37. The Labute approximate surface area is 180 Å². The van der Waals surface area contributed by atoms with Crippen molar-refractivity contribution in [2.75, 3.05) is 27.3 Å². The van der Waals surface area contributed by atoms with Crippen LogP contribution in [0.4, 0.5) is 4.39 Å². The molecule has 1 aromatic carbocycles. The van der Waals surface area contributed by atoms with Crippen LogP contribution in [-0.4, -0.2) is 59.7 Å². The van der Waals surface area contributed by atoms with Gasteiger partial charge in [0.25, 0.3) is 11.8 Å². The highest BCUT2D eigenvalue weighted by Crippen LogP contribution is 2.25. The van der Waals surface area contributed by atoms with E-state index < -0.39 is 23.2 Å². The Kier molecular flexibility index (Phi) is 6.68. The normalized spacial score (nSPS) is 18.1. The highest BCUT2D eigenvalue weighted by Gasteiger charge is 2.42. The minimum atomic E-state index is -1.75. The number of carbonyl (C=O) groups excluding carboxylic acids is 2. The van der Waals surface area contributed by atoms with Crippen LogP contribution in [0.5, 0.6) is 0 Å². The lowest BCUT2D eigenvalue weighted by Gasteiger charge is -2.13. The fourth-order valence-corrected chi connectivity index (χ4v) is 3.40. The maximum absolute atomic E-state index is 14.5. The van der Waals surface area contributed by atoms with Gasteiger partial charge in [0.15, 0.2) is 0 Å². The Morgan fingerprint density at radius 3 is 2.81 bits per heavy atom. The highest BCUT2D eigenvalue weighted by molar-refractivity contribution is 5.93. The smallest absolute Gasteiger partial charge is 0.267 e. The molecule has 1 aromatic heterocycles. The van der Waals surface area contributed by atoms with Crippen LogP contribution in [0.25, 0.3) is 11.3 Å². The predicted molar refractivity (Wildman–Crippen MR) is 112 cm³/mol. The second-order valence-corrected chi connectivity index (χ2v) is 7.45. The van der Waals surface area contributed by atoms with Gasteiger partial charge in [-0.2, -0.15) is 0 Å². The van der Waals surface area contributed by atoms with Crippen LogP contribution in [0.3, 0.4) is 0 Å². The van der Waals surface area contributed by atoms with E-state index in [1.165, 1.54) is 23.1 Å². The molecule has 8 heteroatoms. The lowest BCUT2D eigenvalue weighted by molar-refractivity contribution is -0.137. The molecule has 0 unspecified atom stereocenters. The van der Waals surface area contributed by atoms with Crippen molar-refractivity contribution in [2.24, 2.45) is 5.73 Å². The SMILES string of the molecule is COCCCc1ccc(-c2cc(C#C[C@]3(O)CCN(C)C3=O)ccc2F)nc1C(N)=O. The quantitative estimate of drug-likeness (QED) is 0.539. The molecule has 1 aliphatic rings. The van der Waals surface area contributed by atoms with Gasteiger partial charge in [-0.15, -0.1) is 0 Å². The molecular weight excluding hydrogens is 401 g/mol. The topological polar surface area (TPSA) is 106 Å². The summed E-state index contributed by atoms with van der Waals surface area (Å²) in [6.45, 7) is 0.940. The van der Waals surface area contributed by atoms with Crippen molar-refractivity contribution in [2.45, 2.75) is 24.9 Å². The minimum absolute atomic E-state index is 0.0818. The Balaban J connectivity index is 1.94. The van der Waals surface area contributed by atoms with Gasteiger partial charge in [-0.05, 0) is 42.7 Å². The van der Waals surface area contributed by atoms with E-state index in [-0.39, 0.29) is 23.4 Å². The molecule has 2 heterocycles. The number of rotatable bonds is 6. The summed E-state index contributed by atoms with van der Waals surface area (Å²) in [5, 5.41) is 10.4. The van der Waals surface area contributed by atoms with E-state index in [2.05, 4.69) is 16.8 Å². The molecule has 0 spiro atoms. The number of hydrogen-bond acceptors (Lipinski definition) is 5. The van der Waals surface area contributed by atoms with Gasteiger partial charge >= 0.3 is 0 Å². The molecule has 0 bridgehead atoms. The Bertz CT molecular complexity index is 1080. The average molecular weight is 425 g/mol. The van der Waals surface area contributed by atoms with Gasteiger partial charge in [-0.3, -0.25) is 9.59 Å². The van der Waals surface area contributed by atoms with Crippen LogP contribution in [0.1, 0.15) is 34.5 Å². The molecule has 3 N–H and O–H groups in total. The monoisotopic (exact) mass is 425 g/mol. The van der Waals surface area contributed by atoms with Crippen molar-refractivity contribution in [1.82, 2.24) is 9.88 Å². The Morgan fingerprint density at radius 2 is 2.16 bits per heavy atom. The second kappa shape index (κ2) is 9.25. The predicted octanol–water partition coefficient (Wildman–Crippen LogP) is 1.51. The van der Waals surface area contributed by atoms with E-state index in [0.717, 1.165) is 0 Å². The number of methoxy groups -OCH3 is 1. The standard InChI is InChI=1S/C23H24FN3O4/c1-27-12-11-23(30,22(27)29)10-9-15-5-7-18(24)17(14-15)19-8-6-16(4-3-13-31-2)20(26-19)21(25)28/h5-8,14,30H,3-4,11-13H2,1-2H3,(H2,25,28)/t23-/m0/s1. The number of likely N-dealkylation sites (N-methyl/N-ethyl adjacent to an activating group) is 1. The largest absolute Gasteiger partial charge is 0.385 e. The van der Waals surface area contributed by atoms with E-state index in [4.69, 9.17) is 10.5 Å². The van der Waals surface area contributed by atoms with Crippen LogP contribution < -0.4 is 5.73 Å². The molecule has 7 nitrogen and oxygen atoms in total.